The zero-order valence-electron chi connectivity index (χ0n) is 22.1. The van der Waals surface area contributed by atoms with E-state index in [2.05, 4.69) is 51.4 Å². The van der Waals surface area contributed by atoms with E-state index in [4.69, 9.17) is 28.3 Å². The second-order valence-corrected chi connectivity index (χ2v) is 12.2. The Bertz CT molecular complexity index is 1750. The molecule has 0 saturated carbocycles. The van der Waals surface area contributed by atoms with Crippen LogP contribution in [0.4, 0.5) is 9.52 Å². The summed E-state index contributed by atoms with van der Waals surface area (Å²) in [5, 5.41) is 11.3. The zero-order valence-corrected chi connectivity index (χ0v) is 24.4. The van der Waals surface area contributed by atoms with E-state index in [1.165, 1.54) is 21.6 Å². The van der Waals surface area contributed by atoms with Gasteiger partial charge in [-0.25, -0.2) is 14.4 Å². The molecule has 1 saturated heterocycles. The number of halogens is 3. The smallest absolute Gasteiger partial charge is 0.257 e. The third kappa shape index (κ3) is 4.72. The van der Waals surface area contributed by atoms with Crippen LogP contribution in [0.3, 0.4) is 0 Å². The van der Waals surface area contributed by atoms with Gasteiger partial charge in [-0.05, 0) is 23.7 Å². The van der Waals surface area contributed by atoms with Crippen molar-refractivity contribution >= 4 is 56.5 Å². The van der Waals surface area contributed by atoms with Crippen molar-refractivity contribution in [3.8, 4) is 11.1 Å². The number of amides is 1. The highest BCUT2D eigenvalue weighted by atomic mass is 35.5. The van der Waals surface area contributed by atoms with Crippen molar-refractivity contribution in [2.45, 2.75) is 38.0 Å². The second-order valence-electron chi connectivity index (χ2n) is 10.5. The predicted octanol–water partition coefficient (Wildman–Crippen LogP) is 6.20. The molecule has 41 heavy (non-hydrogen) atoms. The van der Waals surface area contributed by atoms with Gasteiger partial charge in [0.15, 0.2) is 11.2 Å². The highest BCUT2D eigenvalue weighted by Crippen LogP contribution is 2.40. The number of rotatable bonds is 7. The van der Waals surface area contributed by atoms with Crippen molar-refractivity contribution in [1.82, 2.24) is 29.2 Å². The lowest BCUT2D eigenvalue weighted by molar-refractivity contribution is -0.118. The third-order valence-corrected chi connectivity index (χ3v) is 9.41. The molecule has 5 heterocycles. The Labute approximate surface area is 249 Å². The van der Waals surface area contributed by atoms with E-state index in [-0.39, 0.29) is 13.0 Å². The lowest BCUT2D eigenvalue weighted by atomic mass is 9.90. The van der Waals surface area contributed by atoms with Crippen molar-refractivity contribution in [3.63, 3.8) is 0 Å². The van der Waals surface area contributed by atoms with Gasteiger partial charge in [0.25, 0.3) is 5.91 Å². The number of anilines is 1. The van der Waals surface area contributed by atoms with Crippen LogP contribution in [0, 0.1) is 0 Å². The SMILES string of the molecule is CCN1CC(c2ccc(-c3cc(Cl)c4cn(C(C(=O)Nc5nccs5)c5ncn6c5C[C@@H](F)C6)nc4c3Cl)cc2)C1. The molecule has 0 aliphatic carbocycles. The lowest BCUT2D eigenvalue weighted by Crippen LogP contribution is -2.44. The van der Waals surface area contributed by atoms with E-state index in [0.29, 0.717) is 43.4 Å². The summed E-state index contributed by atoms with van der Waals surface area (Å²) < 4.78 is 17.6. The average Bonchev–Trinajstić information content (AvgIpc) is 3.73. The Morgan fingerprint density at radius 2 is 2.00 bits per heavy atom. The summed E-state index contributed by atoms with van der Waals surface area (Å²) in [4.78, 5) is 24.8. The van der Waals surface area contributed by atoms with E-state index >= 15 is 0 Å². The molecule has 1 N–H and O–H groups in total. The van der Waals surface area contributed by atoms with Gasteiger partial charge in [-0.3, -0.25) is 14.8 Å². The molecule has 1 unspecified atom stereocenters. The molecule has 7 rings (SSSR count). The van der Waals surface area contributed by atoms with Crippen LogP contribution < -0.4 is 5.32 Å². The first-order valence-electron chi connectivity index (χ1n) is 13.5. The molecule has 5 aromatic rings. The molecular weight excluding hydrogens is 584 g/mol. The summed E-state index contributed by atoms with van der Waals surface area (Å²) in [5.41, 5.74) is 4.58. The molecule has 8 nitrogen and oxygen atoms in total. The van der Waals surface area contributed by atoms with Gasteiger partial charge in [0, 0.05) is 59.8 Å². The van der Waals surface area contributed by atoms with Crippen LogP contribution in [-0.2, 0) is 17.8 Å². The molecule has 2 aliphatic heterocycles. The summed E-state index contributed by atoms with van der Waals surface area (Å²) in [6, 6.07) is 9.29. The maximum Gasteiger partial charge on any atom is 0.257 e. The number of nitrogens with zero attached hydrogens (tertiary/aromatic N) is 6. The van der Waals surface area contributed by atoms with Crippen molar-refractivity contribution in [1.29, 1.82) is 0 Å². The third-order valence-electron chi connectivity index (χ3n) is 8.02. The quantitative estimate of drug-likeness (QED) is 0.237. The summed E-state index contributed by atoms with van der Waals surface area (Å²) >= 11 is 15.0. The van der Waals surface area contributed by atoms with Crippen LogP contribution in [0.1, 0.15) is 35.8 Å². The number of hydrogen-bond donors (Lipinski definition) is 1. The number of aromatic nitrogens is 5. The van der Waals surface area contributed by atoms with Gasteiger partial charge >= 0.3 is 0 Å². The molecule has 210 valence electrons. The van der Waals surface area contributed by atoms with E-state index < -0.39 is 18.1 Å². The molecule has 2 aromatic carbocycles. The largest absolute Gasteiger partial charge is 0.331 e. The number of carbonyl (C=O) groups excluding carboxylic acids is 1. The van der Waals surface area contributed by atoms with Crippen LogP contribution in [0.25, 0.3) is 22.0 Å². The number of likely N-dealkylation sites (tertiary alicyclic amines) is 1. The van der Waals surface area contributed by atoms with Crippen molar-refractivity contribution < 1.29 is 9.18 Å². The van der Waals surface area contributed by atoms with Gasteiger partial charge in [-0.1, -0.05) is 54.4 Å². The lowest BCUT2D eigenvalue weighted by Gasteiger charge is -2.38. The molecule has 2 aliphatic rings. The molecule has 0 spiro atoms. The highest BCUT2D eigenvalue weighted by Gasteiger charge is 2.35. The van der Waals surface area contributed by atoms with Gasteiger partial charge < -0.3 is 9.47 Å². The second kappa shape index (κ2) is 10.5. The molecular formula is C29H26Cl2FN7OS. The van der Waals surface area contributed by atoms with Crippen LogP contribution in [-0.4, -0.2) is 60.9 Å². The van der Waals surface area contributed by atoms with Gasteiger partial charge in [0.1, 0.15) is 11.7 Å². The van der Waals surface area contributed by atoms with Crippen LogP contribution >= 0.6 is 34.5 Å². The number of nitrogens with one attached hydrogen (secondary N) is 1. The monoisotopic (exact) mass is 609 g/mol. The van der Waals surface area contributed by atoms with Crippen molar-refractivity contribution in [3.05, 3.63) is 81.4 Å². The molecule has 3 aromatic heterocycles. The fraction of sp³-hybridized carbons (Fsp3) is 0.310. The van der Waals surface area contributed by atoms with E-state index in [0.717, 1.165) is 30.8 Å². The van der Waals surface area contributed by atoms with Crippen LogP contribution in [0.15, 0.2) is 54.4 Å². The zero-order chi connectivity index (χ0) is 28.2. The fourth-order valence-electron chi connectivity index (χ4n) is 5.79. The Balaban J connectivity index is 1.27. The minimum atomic E-state index is -1.03. The number of likely N-dealkylation sites (N-methyl/N-ethyl adjacent to an activating group) is 1. The van der Waals surface area contributed by atoms with Crippen molar-refractivity contribution in [2.24, 2.45) is 0 Å². The number of alkyl halides is 1. The van der Waals surface area contributed by atoms with Crippen LogP contribution in [0.5, 0.6) is 0 Å². The number of imidazole rings is 1. The van der Waals surface area contributed by atoms with Crippen LogP contribution in [0.2, 0.25) is 10.0 Å². The Morgan fingerprint density at radius 1 is 1.20 bits per heavy atom. The molecule has 2 atom stereocenters. The van der Waals surface area contributed by atoms with Gasteiger partial charge in [-0.15, -0.1) is 11.3 Å². The first kappa shape index (κ1) is 26.6. The molecule has 12 heteroatoms. The summed E-state index contributed by atoms with van der Waals surface area (Å²) in [5.74, 6) is 0.156. The highest BCUT2D eigenvalue weighted by molar-refractivity contribution is 7.13. The van der Waals surface area contributed by atoms with E-state index in [1.807, 2.05) is 6.07 Å². The number of hydrogen-bond acceptors (Lipinski definition) is 6. The van der Waals surface area contributed by atoms with E-state index in [9.17, 15) is 9.18 Å². The first-order chi connectivity index (χ1) is 19.9. The minimum absolute atomic E-state index is 0.177. The fourth-order valence-corrected chi connectivity index (χ4v) is 6.87. The number of carbonyl (C=O) groups is 1. The predicted molar refractivity (Wildman–Crippen MR) is 160 cm³/mol. The minimum Gasteiger partial charge on any atom is -0.331 e. The summed E-state index contributed by atoms with van der Waals surface area (Å²) in [7, 11) is 0. The molecule has 1 fully saturated rings. The Morgan fingerprint density at radius 3 is 2.73 bits per heavy atom. The molecule has 1 amide bonds. The molecule has 0 bridgehead atoms. The maximum atomic E-state index is 14.3. The Hall–Kier alpha value is -3.31. The number of thiazole rings is 1. The van der Waals surface area contributed by atoms with Gasteiger partial charge in [-0.2, -0.15) is 5.10 Å². The Kier molecular flexibility index (Phi) is 6.81. The normalized spacial score (nSPS) is 18.0. The van der Waals surface area contributed by atoms with E-state index in [1.54, 1.807) is 28.7 Å². The van der Waals surface area contributed by atoms with Crippen molar-refractivity contribution in [2.75, 3.05) is 25.0 Å². The standard InChI is InChI=1S/C29H26Cl2FN7OS/c1-2-37-11-18(12-37)16-3-5-17(6-4-16)20-10-22(30)21-14-39(36-25(21)24(20)31)27(28(40)35-29-33-7-8-41-29)26-23-9-19(32)13-38(23)15-34-26/h3-8,10,14-15,18-19,27H,2,9,11-13H2,1H3,(H,33,35,40)/t19-,27?/m1/s1. The maximum absolute atomic E-state index is 14.3. The van der Waals surface area contributed by atoms with Gasteiger partial charge in [0.2, 0.25) is 0 Å². The topological polar surface area (TPSA) is 80.9 Å². The average molecular weight is 611 g/mol. The summed E-state index contributed by atoms with van der Waals surface area (Å²) in [6.07, 6.45) is 4.03. The van der Waals surface area contributed by atoms with Gasteiger partial charge in [0.05, 0.1) is 28.6 Å². The molecule has 0 radical (unpaired) electrons. The number of fused-ring (bicyclic) bond motifs is 2. The summed E-state index contributed by atoms with van der Waals surface area (Å²) in [6.45, 7) is 5.62. The first-order valence-corrected chi connectivity index (χ1v) is 15.1. The number of benzene rings is 2.